The number of nitrogens with zero attached hydrogens (tertiary/aromatic N) is 1. The van der Waals surface area contributed by atoms with Crippen molar-refractivity contribution in [2.24, 2.45) is 5.10 Å². The fourth-order valence-corrected chi connectivity index (χ4v) is 2.97. The van der Waals surface area contributed by atoms with Crippen molar-refractivity contribution in [2.45, 2.75) is 6.92 Å². The van der Waals surface area contributed by atoms with Crippen LogP contribution < -0.4 is 19.6 Å². The van der Waals surface area contributed by atoms with Crippen LogP contribution in [-0.2, 0) is 4.79 Å². The van der Waals surface area contributed by atoms with E-state index in [1.807, 2.05) is 18.4 Å². The second kappa shape index (κ2) is 10.8. The van der Waals surface area contributed by atoms with Gasteiger partial charge in [0.2, 0.25) is 0 Å². The van der Waals surface area contributed by atoms with Crippen molar-refractivity contribution < 1.29 is 23.8 Å². The van der Waals surface area contributed by atoms with E-state index < -0.39 is 11.9 Å². The van der Waals surface area contributed by atoms with Gasteiger partial charge in [-0.1, -0.05) is 18.2 Å². The minimum absolute atomic E-state index is 0.195. The van der Waals surface area contributed by atoms with Crippen LogP contribution in [0, 0.1) is 0 Å². The lowest BCUT2D eigenvalue weighted by Crippen LogP contribution is -2.24. The Labute approximate surface area is 177 Å². The van der Waals surface area contributed by atoms with Crippen LogP contribution in [0.5, 0.6) is 17.2 Å². The molecular formula is C22H20N2O5S. The molecule has 0 fully saturated rings. The number of hydrazone groups is 1. The first-order valence-electron chi connectivity index (χ1n) is 9.18. The van der Waals surface area contributed by atoms with E-state index in [2.05, 4.69) is 10.5 Å². The van der Waals surface area contributed by atoms with Crippen molar-refractivity contribution in [3.05, 3.63) is 76.5 Å². The van der Waals surface area contributed by atoms with Crippen LogP contribution in [-0.4, -0.2) is 31.3 Å². The largest absolute Gasteiger partial charge is 0.490 e. The molecule has 8 heteroatoms. The van der Waals surface area contributed by atoms with Crippen LogP contribution in [0.4, 0.5) is 0 Å². The van der Waals surface area contributed by atoms with Gasteiger partial charge in [0.25, 0.3) is 5.91 Å². The van der Waals surface area contributed by atoms with Gasteiger partial charge in [-0.25, -0.2) is 10.2 Å². The molecule has 3 aromatic rings. The normalized spacial score (nSPS) is 10.6. The lowest BCUT2D eigenvalue weighted by atomic mass is 10.2. The van der Waals surface area contributed by atoms with E-state index in [9.17, 15) is 9.59 Å². The van der Waals surface area contributed by atoms with Crippen LogP contribution in [0.15, 0.2) is 71.1 Å². The van der Waals surface area contributed by atoms with E-state index in [1.54, 1.807) is 54.6 Å². The van der Waals surface area contributed by atoms with Crippen LogP contribution in [0.2, 0.25) is 0 Å². The number of nitrogens with one attached hydrogen (secondary N) is 1. The molecule has 0 bridgehead atoms. The topological polar surface area (TPSA) is 86.2 Å². The van der Waals surface area contributed by atoms with E-state index in [0.717, 1.165) is 5.56 Å². The highest BCUT2D eigenvalue weighted by Crippen LogP contribution is 2.26. The third-order valence-electron chi connectivity index (χ3n) is 3.72. The maximum absolute atomic E-state index is 11.9. The third-order valence-corrected chi connectivity index (χ3v) is 4.57. The maximum atomic E-state index is 11.9. The number of carbonyl (C=O) groups excluding carboxylic acids is 2. The van der Waals surface area contributed by atoms with Gasteiger partial charge in [0, 0.05) is 0 Å². The summed E-state index contributed by atoms with van der Waals surface area (Å²) in [5, 5.41) is 5.71. The lowest BCUT2D eigenvalue weighted by molar-refractivity contribution is -0.123. The Bertz CT molecular complexity index is 1000. The molecule has 154 valence electrons. The highest BCUT2D eigenvalue weighted by Gasteiger charge is 2.09. The predicted molar refractivity (Wildman–Crippen MR) is 115 cm³/mol. The number of carbonyl (C=O) groups is 2. The van der Waals surface area contributed by atoms with E-state index in [0.29, 0.717) is 28.7 Å². The highest BCUT2D eigenvalue weighted by molar-refractivity contribution is 7.12. The number of rotatable bonds is 9. The second-order valence-corrected chi connectivity index (χ2v) is 6.85. The first-order valence-corrected chi connectivity index (χ1v) is 10.1. The minimum atomic E-state index is -0.404. The van der Waals surface area contributed by atoms with E-state index >= 15 is 0 Å². The SMILES string of the molecule is CCOc1ccccc1OCC(=O)NN=Cc1ccc(OC(=O)c2cccs2)cc1. The van der Waals surface area contributed by atoms with E-state index in [1.165, 1.54) is 17.6 Å². The fraction of sp³-hybridized carbons (Fsp3) is 0.136. The molecular weight excluding hydrogens is 404 g/mol. The number of amides is 1. The quantitative estimate of drug-likeness (QED) is 0.244. The van der Waals surface area contributed by atoms with Crippen molar-refractivity contribution >= 4 is 29.4 Å². The molecule has 0 saturated heterocycles. The molecule has 0 aliphatic rings. The van der Waals surface area contributed by atoms with Gasteiger partial charge >= 0.3 is 5.97 Å². The third kappa shape index (κ3) is 6.18. The van der Waals surface area contributed by atoms with Crippen LogP contribution in [0.25, 0.3) is 0 Å². The molecule has 1 N–H and O–H groups in total. The summed E-state index contributed by atoms with van der Waals surface area (Å²) in [6.07, 6.45) is 1.48. The molecule has 0 aliphatic heterocycles. The lowest BCUT2D eigenvalue weighted by Gasteiger charge is -2.10. The number of hydrogen-bond donors (Lipinski definition) is 1. The van der Waals surface area contributed by atoms with Gasteiger partial charge in [-0.15, -0.1) is 11.3 Å². The molecule has 1 amide bonds. The zero-order valence-electron chi connectivity index (χ0n) is 16.2. The van der Waals surface area contributed by atoms with Crippen molar-refractivity contribution in [1.29, 1.82) is 0 Å². The first kappa shape index (κ1) is 21.1. The average Bonchev–Trinajstić information content (AvgIpc) is 3.30. The summed E-state index contributed by atoms with van der Waals surface area (Å²) in [7, 11) is 0. The molecule has 0 atom stereocenters. The second-order valence-electron chi connectivity index (χ2n) is 5.90. The maximum Gasteiger partial charge on any atom is 0.353 e. The summed E-state index contributed by atoms with van der Waals surface area (Å²) < 4.78 is 16.2. The monoisotopic (exact) mass is 424 g/mol. The minimum Gasteiger partial charge on any atom is -0.490 e. The Morgan fingerprint density at radius 3 is 2.40 bits per heavy atom. The number of benzene rings is 2. The molecule has 0 saturated carbocycles. The van der Waals surface area contributed by atoms with Gasteiger partial charge < -0.3 is 14.2 Å². The molecule has 0 spiro atoms. The first-order chi connectivity index (χ1) is 14.7. The van der Waals surface area contributed by atoms with Crippen LogP contribution in [0.3, 0.4) is 0 Å². The Balaban J connectivity index is 1.46. The number of ether oxygens (including phenoxy) is 3. The zero-order chi connectivity index (χ0) is 21.2. The Morgan fingerprint density at radius 1 is 1.00 bits per heavy atom. The Kier molecular flexibility index (Phi) is 7.57. The average molecular weight is 424 g/mol. The van der Waals surface area contributed by atoms with Gasteiger partial charge in [0.05, 0.1) is 12.8 Å². The van der Waals surface area contributed by atoms with E-state index in [-0.39, 0.29) is 6.61 Å². The predicted octanol–water partition coefficient (Wildman–Crippen LogP) is 3.90. The molecule has 2 aromatic carbocycles. The molecule has 3 rings (SSSR count). The zero-order valence-corrected chi connectivity index (χ0v) is 17.1. The summed E-state index contributed by atoms with van der Waals surface area (Å²) in [6, 6.07) is 17.4. The summed E-state index contributed by atoms with van der Waals surface area (Å²) in [5.74, 6) is 0.696. The van der Waals surface area contributed by atoms with Crippen LogP contribution >= 0.6 is 11.3 Å². The summed E-state index contributed by atoms with van der Waals surface area (Å²) >= 11 is 1.32. The Hall–Kier alpha value is -3.65. The molecule has 0 unspecified atom stereocenters. The summed E-state index contributed by atoms with van der Waals surface area (Å²) in [6.45, 7) is 2.18. The molecule has 30 heavy (non-hydrogen) atoms. The number of hydrogen-bond acceptors (Lipinski definition) is 7. The summed E-state index contributed by atoms with van der Waals surface area (Å²) in [5.41, 5.74) is 3.13. The van der Waals surface area contributed by atoms with Crippen molar-refractivity contribution in [2.75, 3.05) is 13.2 Å². The van der Waals surface area contributed by atoms with Gasteiger partial charge in [0.1, 0.15) is 10.6 Å². The molecule has 0 radical (unpaired) electrons. The van der Waals surface area contributed by atoms with Gasteiger partial charge in [-0.05, 0) is 60.3 Å². The molecule has 1 aromatic heterocycles. The van der Waals surface area contributed by atoms with Crippen molar-refractivity contribution in [3.8, 4) is 17.2 Å². The van der Waals surface area contributed by atoms with Crippen LogP contribution in [0.1, 0.15) is 22.2 Å². The Morgan fingerprint density at radius 2 is 1.73 bits per heavy atom. The standard InChI is InChI=1S/C22H20N2O5S/c1-2-27-18-6-3-4-7-19(18)28-15-21(25)24-23-14-16-9-11-17(12-10-16)29-22(26)20-8-5-13-30-20/h3-14H,2,15H2,1H3,(H,24,25). The fourth-order valence-electron chi connectivity index (χ4n) is 2.37. The molecule has 0 aliphatic carbocycles. The van der Waals surface area contributed by atoms with Crippen molar-refractivity contribution in [3.63, 3.8) is 0 Å². The van der Waals surface area contributed by atoms with Gasteiger partial charge in [-0.2, -0.15) is 5.10 Å². The number of esters is 1. The summed E-state index contributed by atoms with van der Waals surface area (Å²) in [4.78, 5) is 24.4. The van der Waals surface area contributed by atoms with Crippen molar-refractivity contribution in [1.82, 2.24) is 5.43 Å². The molecule has 1 heterocycles. The smallest absolute Gasteiger partial charge is 0.353 e. The van der Waals surface area contributed by atoms with Gasteiger partial charge in [-0.3, -0.25) is 4.79 Å². The number of para-hydroxylation sites is 2. The van der Waals surface area contributed by atoms with E-state index in [4.69, 9.17) is 14.2 Å². The van der Waals surface area contributed by atoms with Gasteiger partial charge in [0.15, 0.2) is 18.1 Å². The number of thiophene rings is 1. The highest BCUT2D eigenvalue weighted by atomic mass is 32.1. The molecule has 7 nitrogen and oxygen atoms in total.